The Balaban J connectivity index is 0.00000106. The van der Waals surface area contributed by atoms with Crippen LogP contribution >= 0.6 is 95.6 Å². The number of benzene rings is 2. The Morgan fingerprint density at radius 3 is 1.10 bits per heavy atom. The number of nitrogens with zero attached hydrogens (tertiary/aromatic N) is 4. The molecule has 0 bridgehead atoms. The SMILES string of the molecule is NC(N)=NCCCCN1C(=O)N(CCCCN=C(N)N)C(=O)C(Cc2c(Br)cc(Br)cc2Br)(Cc2c(Br)cc(Br)cc2Br)C1=O.O=C(O)C(F)(F)F.O=C(O)C(F)(F)F. The van der Waals surface area contributed by atoms with Gasteiger partial charge in [-0.3, -0.25) is 29.4 Å². The van der Waals surface area contributed by atoms with E-state index in [4.69, 9.17) is 42.7 Å². The molecule has 0 saturated carbocycles. The van der Waals surface area contributed by atoms with E-state index in [9.17, 15) is 40.7 Å². The fourth-order valence-corrected chi connectivity index (χ4v) is 10.0. The lowest BCUT2D eigenvalue weighted by Crippen LogP contribution is -2.66. The van der Waals surface area contributed by atoms with E-state index in [0.717, 1.165) is 8.95 Å². The number of hydrogen-bond donors (Lipinski definition) is 6. The van der Waals surface area contributed by atoms with Gasteiger partial charge >= 0.3 is 30.3 Å². The van der Waals surface area contributed by atoms with E-state index in [2.05, 4.69) is 106 Å². The molecule has 0 radical (unpaired) electrons. The number of halogens is 12. The van der Waals surface area contributed by atoms with E-state index in [1.165, 1.54) is 9.80 Å². The van der Waals surface area contributed by atoms with Crippen LogP contribution in [0.25, 0.3) is 0 Å². The predicted molar refractivity (Wildman–Crippen MR) is 225 cm³/mol. The van der Waals surface area contributed by atoms with E-state index >= 15 is 0 Å². The zero-order valence-electron chi connectivity index (χ0n) is 29.9. The second-order valence-corrected chi connectivity index (χ2v) is 17.2. The summed E-state index contributed by atoms with van der Waals surface area (Å²) < 4.78 is 67.9. The molecule has 0 aliphatic carbocycles. The molecule has 1 aliphatic heterocycles. The number of aliphatic imine (C=N–C) groups is 2. The summed E-state index contributed by atoms with van der Waals surface area (Å²) in [6.45, 7) is 0.856. The van der Waals surface area contributed by atoms with Crippen LogP contribution in [0.5, 0.6) is 0 Å². The number of hydrogen-bond acceptors (Lipinski definition) is 7. The quantitative estimate of drug-likeness (QED) is 0.0362. The molecule has 2 aromatic carbocycles. The van der Waals surface area contributed by atoms with Crippen molar-refractivity contribution in [1.29, 1.82) is 0 Å². The highest BCUT2D eigenvalue weighted by molar-refractivity contribution is 9.12. The van der Waals surface area contributed by atoms with Gasteiger partial charge in [0.05, 0.1) is 0 Å². The fraction of sp³-hybridized carbons (Fsp3) is 0.406. The summed E-state index contributed by atoms with van der Waals surface area (Å²) in [5, 5.41) is 14.2. The van der Waals surface area contributed by atoms with Crippen LogP contribution < -0.4 is 22.9 Å². The molecular formula is C32H34Br6F6N8O7. The van der Waals surface area contributed by atoms with Crippen molar-refractivity contribution in [3.05, 3.63) is 62.2 Å². The van der Waals surface area contributed by atoms with Gasteiger partial charge < -0.3 is 33.1 Å². The summed E-state index contributed by atoms with van der Waals surface area (Å²) in [5.41, 5.74) is 21.5. The highest BCUT2D eigenvalue weighted by Crippen LogP contribution is 2.44. The standard InChI is InChI=1S/C28H32Br6N8O3.2C2HF3O2/c29-15-9-19(31)17(20(32)10-15)13-28(14-18-21(33)11-16(30)12-22(18)34)23(43)41(7-3-1-5-39-25(35)36)27(45)42(24(28)44)8-4-2-6-40-26(37)38;2*3-2(4,5)1(6)7/h9-12H,1-8,13-14H2,(H4,35,36,39)(H4,37,38,40);2*(H,6,7). The van der Waals surface area contributed by atoms with E-state index in [0.29, 0.717) is 67.8 Å². The Bertz CT molecular complexity index is 1750. The molecule has 0 unspecified atom stereocenters. The molecule has 0 spiro atoms. The van der Waals surface area contributed by atoms with Crippen molar-refractivity contribution < 1.29 is 60.5 Å². The molecule has 4 amide bonds. The topological polar surface area (TPSA) is 261 Å². The van der Waals surface area contributed by atoms with Crippen molar-refractivity contribution >= 4 is 137 Å². The minimum atomic E-state index is -5.08. The fourth-order valence-electron chi connectivity index (χ4n) is 4.95. The largest absolute Gasteiger partial charge is 0.490 e. The van der Waals surface area contributed by atoms with E-state index in [-0.39, 0.29) is 37.9 Å². The van der Waals surface area contributed by atoms with Crippen LogP contribution in [0, 0.1) is 5.41 Å². The lowest BCUT2D eigenvalue weighted by molar-refractivity contribution is -0.193. The van der Waals surface area contributed by atoms with Gasteiger partial charge in [-0.25, -0.2) is 14.4 Å². The van der Waals surface area contributed by atoms with Crippen LogP contribution in [0.3, 0.4) is 0 Å². The lowest BCUT2D eigenvalue weighted by atomic mass is 9.72. The number of rotatable bonds is 14. The van der Waals surface area contributed by atoms with Crippen LogP contribution in [0.2, 0.25) is 0 Å². The Morgan fingerprint density at radius 1 is 0.593 bits per heavy atom. The number of nitrogens with two attached hydrogens (primary N) is 4. The summed E-state index contributed by atoms with van der Waals surface area (Å²) in [6, 6.07) is 6.75. The molecule has 15 nitrogen and oxygen atoms in total. The van der Waals surface area contributed by atoms with Gasteiger partial charge in [-0.1, -0.05) is 95.6 Å². The summed E-state index contributed by atoms with van der Waals surface area (Å²) >= 11 is 21.5. The number of carboxylic acid groups (broad SMARTS) is 2. The average molecular weight is 1240 g/mol. The zero-order chi connectivity index (χ0) is 45.6. The third-order valence-corrected chi connectivity index (χ3v) is 11.3. The first kappa shape index (κ1) is 54.0. The summed E-state index contributed by atoms with van der Waals surface area (Å²) in [7, 11) is 0. The number of unbranched alkanes of at least 4 members (excludes halogenated alkanes) is 2. The maximum Gasteiger partial charge on any atom is 0.490 e. The van der Waals surface area contributed by atoms with Crippen LogP contribution in [0.4, 0.5) is 31.1 Å². The maximum atomic E-state index is 14.7. The predicted octanol–water partition coefficient (Wildman–Crippen LogP) is 7.20. The second kappa shape index (κ2) is 23.8. The van der Waals surface area contributed by atoms with E-state index in [1.807, 2.05) is 24.3 Å². The van der Waals surface area contributed by atoms with Crippen LogP contribution in [0.1, 0.15) is 36.8 Å². The first-order valence-electron chi connectivity index (χ1n) is 16.2. The molecule has 0 aromatic heterocycles. The summed E-state index contributed by atoms with van der Waals surface area (Å²) in [6.07, 6.45) is -8.21. The van der Waals surface area contributed by atoms with Gasteiger partial charge in [-0.05, 0) is 73.9 Å². The van der Waals surface area contributed by atoms with Crippen molar-refractivity contribution in [3.63, 3.8) is 0 Å². The van der Waals surface area contributed by atoms with Crippen LogP contribution in [-0.4, -0.2) is 100 Å². The molecule has 1 heterocycles. The first-order valence-corrected chi connectivity index (χ1v) is 21.0. The Morgan fingerprint density at radius 2 is 0.864 bits per heavy atom. The molecule has 1 saturated heterocycles. The number of amides is 4. The van der Waals surface area contributed by atoms with Gasteiger partial charge in [0.2, 0.25) is 11.8 Å². The average Bonchev–Trinajstić information content (AvgIpc) is 3.08. The molecule has 1 fully saturated rings. The number of imide groups is 2. The molecule has 328 valence electrons. The van der Waals surface area contributed by atoms with E-state index < -0.39 is 47.6 Å². The van der Waals surface area contributed by atoms with Crippen molar-refractivity contribution in [3.8, 4) is 0 Å². The van der Waals surface area contributed by atoms with Crippen molar-refractivity contribution in [2.75, 3.05) is 26.2 Å². The number of guanidine groups is 2. The number of carbonyl (C=O) groups excluding carboxylic acids is 3. The van der Waals surface area contributed by atoms with E-state index in [1.54, 1.807) is 0 Å². The van der Waals surface area contributed by atoms with Crippen molar-refractivity contribution in [2.45, 2.75) is 50.9 Å². The van der Waals surface area contributed by atoms with Gasteiger partial charge in [0.1, 0.15) is 5.41 Å². The van der Waals surface area contributed by atoms with Crippen LogP contribution in [-0.2, 0) is 32.0 Å². The zero-order valence-corrected chi connectivity index (χ0v) is 39.5. The second-order valence-electron chi connectivity index (χ2n) is 12.0. The molecule has 1 aliphatic rings. The minimum absolute atomic E-state index is 0.0103. The molecular weight excluding hydrogens is 1200 g/mol. The van der Waals surface area contributed by atoms with Gasteiger partial charge in [-0.15, -0.1) is 0 Å². The minimum Gasteiger partial charge on any atom is -0.475 e. The molecule has 27 heteroatoms. The Labute approximate surface area is 382 Å². The van der Waals surface area contributed by atoms with Gasteiger partial charge in [0, 0.05) is 53.0 Å². The van der Waals surface area contributed by atoms with Gasteiger partial charge in [-0.2, -0.15) is 26.3 Å². The first-order chi connectivity index (χ1) is 27.1. The monoisotopic (exact) mass is 1230 g/mol. The normalized spacial score (nSPS) is 13.8. The molecule has 2 aromatic rings. The smallest absolute Gasteiger partial charge is 0.475 e. The third kappa shape index (κ3) is 17.1. The number of carbonyl (C=O) groups is 5. The Kier molecular flexibility index (Phi) is 21.8. The molecule has 59 heavy (non-hydrogen) atoms. The van der Waals surface area contributed by atoms with Crippen LogP contribution in [0.15, 0.2) is 61.1 Å². The number of urea groups is 1. The summed E-state index contributed by atoms with van der Waals surface area (Å²) in [5.74, 6) is -6.72. The number of alkyl halides is 6. The van der Waals surface area contributed by atoms with Crippen molar-refractivity contribution in [1.82, 2.24) is 9.80 Å². The highest BCUT2D eigenvalue weighted by atomic mass is 79.9. The molecule has 0 atom stereocenters. The third-order valence-electron chi connectivity index (χ3n) is 7.59. The van der Waals surface area contributed by atoms with Gasteiger partial charge in [0.25, 0.3) is 0 Å². The lowest BCUT2D eigenvalue weighted by Gasteiger charge is -2.45. The van der Waals surface area contributed by atoms with Crippen molar-refractivity contribution in [2.24, 2.45) is 38.3 Å². The number of aliphatic carboxylic acids is 2. The number of carboxylic acids is 2. The molecule has 3 rings (SSSR count). The highest BCUT2D eigenvalue weighted by Gasteiger charge is 2.57. The molecule has 10 N–H and O–H groups in total. The maximum absolute atomic E-state index is 14.7. The Hall–Kier alpha value is -3.01. The van der Waals surface area contributed by atoms with Gasteiger partial charge in [0.15, 0.2) is 11.9 Å². The number of barbiturate groups is 1. The summed E-state index contributed by atoms with van der Waals surface area (Å²) in [4.78, 5) is 71.4.